The van der Waals surface area contributed by atoms with Crippen LogP contribution in [-0.2, 0) is 0 Å². The summed E-state index contributed by atoms with van der Waals surface area (Å²) in [4.78, 5) is 9.54. The molecule has 0 saturated heterocycles. The highest BCUT2D eigenvalue weighted by Gasteiger charge is 2.24. The van der Waals surface area contributed by atoms with Crippen molar-refractivity contribution in [3.05, 3.63) is 498 Å². The van der Waals surface area contributed by atoms with Crippen LogP contribution in [0.3, 0.4) is 0 Å². The van der Waals surface area contributed by atoms with Gasteiger partial charge in [-0.1, -0.05) is 291 Å². The molecule has 576 valence electrons. The van der Waals surface area contributed by atoms with E-state index in [9.17, 15) is 0 Å². The molecule has 2 aromatic heterocycles. The molecule has 0 bridgehead atoms. The summed E-state index contributed by atoms with van der Waals surface area (Å²) in [5.41, 5.74) is 27.0. The molecule has 0 N–H and O–H groups in total. The van der Waals surface area contributed by atoms with Crippen LogP contribution in [0.15, 0.2) is 498 Å². The van der Waals surface area contributed by atoms with Crippen molar-refractivity contribution in [3.63, 3.8) is 0 Å². The Hall–Kier alpha value is -16.3. The fourth-order valence-corrected chi connectivity index (χ4v) is 17.4. The summed E-state index contributed by atoms with van der Waals surface area (Å²) >= 11 is 0. The number of nitrogens with zero attached hydrogens (tertiary/aromatic N) is 6. The summed E-state index contributed by atoms with van der Waals surface area (Å²) < 4.78 is 4.53. The largest absolute Gasteiger partial charge is 0.317 e. The molecule has 0 radical (unpaired) electrons. The van der Waals surface area contributed by atoms with Crippen molar-refractivity contribution >= 4 is 133 Å². The van der Waals surface area contributed by atoms with Gasteiger partial charge >= 0.3 is 0 Å². The van der Waals surface area contributed by atoms with E-state index in [1.165, 1.54) is 81.6 Å². The van der Waals surface area contributed by atoms with Gasteiger partial charge in [0.2, 0.25) is 0 Å². The lowest BCUT2D eigenvalue weighted by atomic mass is 9.98. The maximum absolute atomic E-state index is 2.39. The Balaban J connectivity index is 0.000000150. The van der Waals surface area contributed by atoms with Gasteiger partial charge in [0.25, 0.3) is 0 Å². The number of aromatic nitrogens is 2. The third kappa shape index (κ3) is 14.8. The fraction of sp³-hybridized carbons (Fsp3) is 0. The highest BCUT2D eigenvalue weighted by molar-refractivity contribution is 5.99. The molecular formula is C116H82N6. The van der Waals surface area contributed by atoms with Gasteiger partial charge in [0.05, 0.1) is 11.0 Å². The molecule has 0 aliphatic carbocycles. The summed E-state index contributed by atoms with van der Waals surface area (Å²) in [7, 11) is 0. The van der Waals surface area contributed by atoms with Crippen LogP contribution in [0, 0.1) is 0 Å². The van der Waals surface area contributed by atoms with Crippen LogP contribution in [0.5, 0.6) is 0 Å². The number of hydrogen-bond donors (Lipinski definition) is 0. The van der Waals surface area contributed by atoms with Crippen molar-refractivity contribution in [3.8, 4) is 55.9 Å². The van der Waals surface area contributed by atoms with E-state index in [4.69, 9.17) is 0 Å². The van der Waals surface area contributed by atoms with Gasteiger partial charge in [0.1, 0.15) is 0 Å². The van der Waals surface area contributed by atoms with Crippen LogP contribution in [0.25, 0.3) is 121 Å². The normalized spacial score (nSPS) is 11.3. The highest BCUT2D eigenvalue weighted by atomic mass is 15.2. The lowest BCUT2D eigenvalue weighted by Crippen LogP contribution is -2.13. The van der Waals surface area contributed by atoms with Crippen LogP contribution < -0.4 is 19.6 Å². The van der Waals surface area contributed by atoms with Crippen LogP contribution in [0.4, 0.5) is 68.2 Å². The van der Waals surface area contributed by atoms with E-state index < -0.39 is 0 Å². The second kappa shape index (κ2) is 32.7. The third-order valence-electron chi connectivity index (χ3n) is 23.4. The predicted molar refractivity (Wildman–Crippen MR) is 517 cm³/mol. The van der Waals surface area contributed by atoms with Gasteiger partial charge in [-0.2, -0.15) is 0 Å². The molecule has 0 amide bonds. The van der Waals surface area contributed by atoms with Crippen molar-refractivity contribution in [2.45, 2.75) is 0 Å². The third-order valence-corrected chi connectivity index (χ3v) is 23.4. The van der Waals surface area contributed by atoms with Crippen molar-refractivity contribution < 1.29 is 0 Å². The Labute approximate surface area is 710 Å². The number of rotatable bonds is 18. The van der Waals surface area contributed by atoms with Crippen LogP contribution in [0.1, 0.15) is 0 Å². The number of benzene rings is 20. The number of fused-ring (bicyclic) bond motifs is 6. The van der Waals surface area contributed by atoms with Gasteiger partial charge in [-0.25, -0.2) is 0 Å². The topological polar surface area (TPSA) is 22.8 Å². The molecule has 0 atom stereocenters. The molecule has 0 spiro atoms. The molecule has 122 heavy (non-hydrogen) atoms. The van der Waals surface area contributed by atoms with E-state index in [1.807, 2.05) is 0 Å². The second-order valence-corrected chi connectivity index (χ2v) is 31.0. The maximum atomic E-state index is 2.39. The SMILES string of the molecule is c1ccc(-c2ccc(-n3ccc4cc(-c5cc(N(c6ccccc6)c6ccc7ccccc7c6)cc(N(c6ccccc6)c6ccc7ccccc7c6)c5)ccc43)cc2)cc1.c1ccc(N(c2cc(-c3ccc(-c4ccc5c(ccn5-c5ccccc5)c4)cc3)cc(N(c3ccccc3)c3ccc4ccccc4c3)c2)c2ccc3ccccc3c2)cc1. The van der Waals surface area contributed by atoms with Gasteiger partial charge < -0.3 is 28.7 Å². The first-order chi connectivity index (χ1) is 60.4. The van der Waals surface area contributed by atoms with E-state index in [1.54, 1.807) is 0 Å². The van der Waals surface area contributed by atoms with Crippen molar-refractivity contribution in [1.29, 1.82) is 0 Å². The van der Waals surface area contributed by atoms with E-state index in [0.29, 0.717) is 0 Å². The van der Waals surface area contributed by atoms with Crippen molar-refractivity contribution in [2.24, 2.45) is 0 Å². The molecule has 22 aromatic rings. The maximum Gasteiger partial charge on any atom is 0.0528 e. The Kier molecular flexibility index (Phi) is 19.6. The summed E-state index contributed by atoms with van der Waals surface area (Å²) in [5.74, 6) is 0. The first-order valence-corrected chi connectivity index (χ1v) is 41.6. The van der Waals surface area contributed by atoms with Crippen molar-refractivity contribution in [2.75, 3.05) is 19.6 Å². The Morgan fingerprint density at radius 3 is 0.713 bits per heavy atom. The highest BCUT2D eigenvalue weighted by Crippen LogP contribution is 2.48. The van der Waals surface area contributed by atoms with Gasteiger partial charge in [0.15, 0.2) is 0 Å². The average molecular weight is 1560 g/mol. The zero-order valence-electron chi connectivity index (χ0n) is 67.0. The van der Waals surface area contributed by atoms with E-state index in [-0.39, 0.29) is 0 Å². The van der Waals surface area contributed by atoms with Crippen molar-refractivity contribution in [1.82, 2.24) is 9.13 Å². The standard InChI is InChI=1S/2C58H41N3/c1-4-18-51(19-5-1)59-35-34-49-36-48(30-33-58(49)59)44-24-26-45(27-25-44)50-39-56(60(52-20-6-2-7-21-52)54-31-28-42-14-10-12-16-46(42)37-54)41-57(40-50)61(53-22-8-3-9-23-53)55-32-29-43-15-11-13-17-47(43)38-55;1-4-14-42(15-5-1)45-24-29-51(30-25-45)59-35-34-49-36-48(28-33-58(49)59)50-39-56(60(52-20-6-2-7-21-52)54-31-26-43-16-10-12-18-46(43)37-54)41-57(40-50)61(53-22-8-3-9-23-53)55-32-27-44-17-11-13-19-47(44)38-55/h2*1-41H. The van der Waals surface area contributed by atoms with Gasteiger partial charge in [0, 0.05) is 103 Å². The molecule has 0 saturated carbocycles. The summed E-state index contributed by atoms with van der Waals surface area (Å²) in [5, 5.41) is 12.1. The number of para-hydroxylation sites is 5. The first-order valence-electron chi connectivity index (χ1n) is 41.6. The van der Waals surface area contributed by atoms with Crippen LogP contribution in [0.2, 0.25) is 0 Å². The lowest BCUT2D eigenvalue weighted by Gasteiger charge is -2.30. The van der Waals surface area contributed by atoms with E-state index in [2.05, 4.69) is 526 Å². The monoisotopic (exact) mass is 1560 g/mol. The molecule has 0 aliphatic rings. The molecular weight excluding hydrogens is 1480 g/mol. The molecule has 22 rings (SSSR count). The molecule has 2 heterocycles. The Morgan fingerprint density at radius 2 is 0.369 bits per heavy atom. The minimum atomic E-state index is 1.06. The van der Waals surface area contributed by atoms with E-state index in [0.717, 1.165) is 107 Å². The molecule has 0 fully saturated rings. The fourth-order valence-electron chi connectivity index (χ4n) is 17.4. The Bertz CT molecular complexity index is 7210. The number of hydrogen-bond acceptors (Lipinski definition) is 4. The van der Waals surface area contributed by atoms with Gasteiger partial charge in [-0.05, 0) is 282 Å². The molecule has 20 aromatic carbocycles. The van der Waals surface area contributed by atoms with Gasteiger partial charge in [-0.15, -0.1) is 0 Å². The predicted octanol–water partition coefficient (Wildman–Crippen LogP) is 32.4. The average Bonchev–Trinajstić information content (AvgIpc) is 0.989. The molecule has 6 heteroatoms. The molecule has 0 aliphatic heterocycles. The lowest BCUT2D eigenvalue weighted by molar-refractivity contribution is 1.13. The van der Waals surface area contributed by atoms with Gasteiger partial charge in [-0.3, -0.25) is 0 Å². The van der Waals surface area contributed by atoms with Crippen LogP contribution >= 0.6 is 0 Å². The number of anilines is 12. The zero-order valence-corrected chi connectivity index (χ0v) is 67.0. The smallest absolute Gasteiger partial charge is 0.0528 e. The Morgan fingerprint density at radius 1 is 0.123 bits per heavy atom. The first kappa shape index (κ1) is 73.4. The zero-order chi connectivity index (χ0) is 81.1. The quantitative estimate of drug-likeness (QED) is 0.0854. The summed E-state index contributed by atoms with van der Waals surface area (Å²) in [6.07, 6.45) is 4.34. The van der Waals surface area contributed by atoms with Crippen LogP contribution in [-0.4, -0.2) is 9.13 Å². The summed E-state index contributed by atoms with van der Waals surface area (Å²) in [6, 6.07) is 175. The molecule has 6 nitrogen and oxygen atoms in total. The minimum absolute atomic E-state index is 1.06. The minimum Gasteiger partial charge on any atom is -0.317 e. The second-order valence-electron chi connectivity index (χ2n) is 31.0. The molecule has 0 unspecified atom stereocenters. The summed E-state index contributed by atoms with van der Waals surface area (Å²) in [6.45, 7) is 0. The van der Waals surface area contributed by atoms with E-state index >= 15 is 0 Å².